The Kier molecular flexibility index (Phi) is 8.89. The van der Waals surface area contributed by atoms with Crippen molar-refractivity contribution in [2.45, 2.75) is 65.8 Å². The van der Waals surface area contributed by atoms with E-state index in [1.54, 1.807) is 10.4 Å². The van der Waals surface area contributed by atoms with Crippen LogP contribution in [0, 0.1) is 17.8 Å². The Morgan fingerprint density at radius 2 is 1.64 bits per heavy atom. The van der Waals surface area contributed by atoms with Crippen molar-refractivity contribution in [3.8, 4) is 0 Å². The van der Waals surface area contributed by atoms with Crippen LogP contribution in [-0.2, 0) is 14.4 Å². The molecule has 7 nitrogen and oxygen atoms in total. The van der Waals surface area contributed by atoms with E-state index < -0.39 is 17.9 Å². The van der Waals surface area contributed by atoms with E-state index in [1.165, 1.54) is 0 Å². The molecule has 144 valence electrons. The van der Waals surface area contributed by atoms with Crippen molar-refractivity contribution in [1.82, 2.24) is 15.7 Å². The third-order valence-electron chi connectivity index (χ3n) is 4.67. The van der Waals surface area contributed by atoms with E-state index in [2.05, 4.69) is 19.2 Å². The van der Waals surface area contributed by atoms with Crippen molar-refractivity contribution in [2.75, 3.05) is 13.1 Å². The van der Waals surface area contributed by atoms with Gasteiger partial charge in [-0.2, -0.15) is 0 Å². The van der Waals surface area contributed by atoms with Crippen molar-refractivity contribution in [3.05, 3.63) is 0 Å². The Morgan fingerprint density at radius 1 is 1.04 bits per heavy atom. The maximum atomic E-state index is 12.7. The molecular formula is C18H33N3O4. The molecule has 1 aliphatic rings. The Balaban J connectivity index is 2.77. The summed E-state index contributed by atoms with van der Waals surface area (Å²) in [7, 11) is 0. The minimum absolute atomic E-state index is 0.0329. The normalized spacial score (nSPS) is 16.8. The Labute approximate surface area is 150 Å². The lowest BCUT2D eigenvalue weighted by atomic mass is 9.93. The molecule has 2 atom stereocenters. The first-order chi connectivity index (χ1) is 11.8. The average Bonchev–Trinajstić information content (AvgIpc) is 3.09. The van der Waals surface area contributed by atoms with Gasteiger partial charge in [0, 0.05) is 25.4 Å². The molecule has 0 radical (unpaired) electrons. The molecule has 3 N–H and O–H groups in total. The van der Waals surface area contributed by atoms with Gasteiger partial charge >= 0.3 is 0 Å². The highest BCUT2D eigenvalue weighted by Gasteiger charge is 2.32. The summed E-state index contributed by atoms with van der Waals surface area (Å²) >= 11 is 0. The van der Waals surface area contributed by atoms with Gasteiger partial charge in [0.2, 0.25) is 17.7 Å². The second-order valence-corrected chi connectivity index (χ2v) is 7.67. The van der Waals surface area contributed by atoms with Crippen LogP contribution in [0.1, 0.15) is 59.8 Å². The zero-order valence-electron chi connectivity index (χ0n) is 15.9. The number of rotatable bonds is 9. The fourth-order valence-corrected chi connectivity index (χ4v) is 3.05. The molecule has 3 amide bonds. The highest BCUT2D eigenvalue weighted by atomic mass is 16.5. The molecule has 25 heavy (non-hydrogen) atoms. The number of nitrogens with zero attached hydrogens (tertiary/aromatic N) is 1. The Hall–Kier alpha value is -1.63. The molecule has 1 aliphatic heterocycles. The third kappa shape index (κ3) is 7.02. The zero-order chi connectivity index (χ0) is 19.0. The standard InChI is InChI=1S/C18H33N3O4/c1-12(2)7-8-14(11-15(22)20-25)17(23)19-16(13(3)4)18(24)21-9-5-6-10-21/h12-14,16,25H,5-11H2,1-4H3,(H,19,23)(H,20,22). The molecule has 1 rings (SSSR count). The monoisotopic (exact) mass is 355 g/mol. The van der Waals surface area contributed by atoms with E-state index in [9.17, 15) is 14.4 Å². The summed E-state index contributed by atoms with van der Waals surface area (Å²) in [6, 6.07) is -0.579. The Morgan fingerprint density at radius 3 is 2.12 bits per heavy atom. The molecule has 0 aromatic carbocycles. The van der Waals surface area contributed by atoms with E-state index in [0.717, 1.165) is 32.4 Å². The number of carbonyl (C=O) groups excluding carboxylic acids is 3. The van der Waals surface area contributed by atoms with Crippen LogP contribution in [0.4, 0.5) is 0 Å². The topological polar surface area (TPSA) is 98.7 Å². The van der Waals surface area contributed by atoms with Crippen LogP contribution in [0.15, 0.2) is 0 Å². The minimum atomic E-state index is -0.587. The van der Waals surface area contributed by atoms with E-state index in [1.807, 2.05) is 13.8 Å². The number of carbonyl (C=O) groups is 3. The number of nitrogens with one attached hydrogen (secondary N) is 2. The van der Waals surface area contributed by atoms with Gasteiger partial charge in [0.15, 0.2) is 0 Å². The lowest BCUT2D eigenvalue weighted by Crippen LogP contribution is -2.52. The lowest BCUT2D eigenvalue weighted by Gasteiger charge is -2.28. The summed E-state index contributed by atoms with van der Waals surface area (Å²) in [6.07, 6.45) is 3.25. The second kappa shape index (κ2) is 10.4. The van der Waals surface area contributed by atoms with Gasteiger partial charge in [-0.15, -0.1) is 0 Å². The Bertz CT molecular complexity index is 459. The molecule has 0 aromatic rings. The molecule has 0 aromatic heterocycles. The summed E-state index contributed by atoms with van der Waals surface area (Å²) in [5.74, 6) is -1.11. The number of likely N-dealkylation sites (tertiary alicyclic amines) is 1. The molecule has 0 aliphatic carbocycles. The van der Waals surface area contributed by atoms with Gasteiger partial charge in [-0.05, 0) is 31.1 Å². The maximum absolute atomic E-state index is 12.7. The van der Waals surface area contributed by atoms with Crippen LogP contribution >= 0.6 is 0 Å². The zero-order valence-corrected chi connectivity index (χ0v) is 15.9. The molecule has 2 unspecified atom stereocenters. The van der Waals surface area contributed by atoms with Crippen LogP contribution in [0.25, 0.3) is 0 Å². The largest absolute Gasteiger partial charge is 0.344 e. The average molecular weight is 355 g/mol. The van der Waals surface area contributed by atoms with Crippen LogP contribution in [0.5, 0.6) is 0 Å². The predicted molar refractivity (Wildman–Crippen MR) is 94.7 cm³/mol. The van der Waals surface area contributed by atoms with Gasteiger partial charge in [-0.3, -0.25) is 19.6 Å². The quantitative estimate of drug-likeness (QED) is 0.433. The SMILES string of the molecule is CC(C)CCC(CC(=O)NO)C(=O)NC(C(=O)N1CCCC1)C(C)C. The van der Waals surface area contributed by atoms with Gasteiger partial charge in [-0.1, -0.05) is 34.1 Å². The van der Waals surface area contributed by atoms with Gasteiger partial charge < -0.3 is 10.2 Å². The maximum Gasteiger partial charge on any atom is 0.245 e. The minimum Gasteiger partial charge on any atom is -0.344 e. The summed E-state index contributed by atoms with van der Waals surface area (Å²) in [4.78, 5) is 38.7. The van der Waals surface area contributed by atoms with Crippen molar-refractivity contribution < 1.29 is 19.6 Å². The molecular weight excluding hydrogens is 322 g/mol. The molecule has 7 heteroatoms. The predicted octanol–water partition coefficient (Wildman–Crippen LogP) is 1.70. The van der Waals surface area contributed by atoms with Gasteiger partial charge in [0.05, 0.1) is 0 Å². The molecule has 0 saturated carbocycles. The number of hydrogen-bond donors (Lipinski definition) is 3. The van der Waals surface area contributed by atoms with Crippen LogP contribution in [0.2, 0.25) is 0 Å². The van der Waals surface area contributed by atoms with Gasteiger partial charge in [-0.25, -0.2) is 5.48 Å². The van der Waals surface area contributed by atoms with Crippen molar-refractivity contribution in [1.29, 1.82) is 0 Å². The summed E-state index contributed by atoms with van der Waals surface area (Å²) in [5, 5.41) is 11.6. The van der Waals surface area contributed by atoms with Crippen LogP contribution < -0.4 is 10.8 Å². The van der Waals surface area contributed by atoms with E-state index >= 15 is 0 Å². The number of hydroxylamine groups is 1. The highest BCUT2D eigenvalue weighted by molar-refractivity contribution is 5.90. The van der Waals surface area contributed by atoms with Crippen molar-refractivity contribution in [2.24, 2.45) is 17.8 Å². The number of hydrogen-bond acceptors (Lipinski definition) is 4. The smallest absolute Gasteiger partial charge is 0.245 e. The fraction of sp³-hybridized carbons (Fsp3) is 0.833. The fourth-order valence-electron chi connectivity index (χ4n) is 3.05. The van der Waals surface area contributed by atoms with E-state index in [0.29, 0.717) is 12.3 Å². The van der Waals surface area contributed by atoms with E-state index in [-0.39, 0.29) is 24.2 Å². The molecule has 1 heterocycles. The summed E-state index contributed by atoms with van der Waals surface area (Å²) < 4.78 is 0. The van der Waals surface area contributed by atoms with Crippen LogP contribution in [-0.4, -0.2) is 47.0 Å². The highest BCUT2D eigenvalue weighted by Crippen LogP contribution is 2.18. The van der Waals surface area contributed by atoms with E-state index in [4.69, 9.17) is 5.21 Å². The molecule has 1 fully saturated rings. The van der Waals surface area contributed by atoms with Crippen molar-refractivity contribution in [3.63, 3.8) is 0 Å². The van der Waals surface area contributed by atoms with Crippen molar-refractivity contribution >= 4 is 17.7 Å². The first kappa shape index (κ1) is 21.4. The van der Waals surface area contributed by atoms with Gasteiger partial charge in [0.25, 0.3) is 0 Å². The molecule has 1 saturated heterocycles. The second-order valence-electron chi connectivity index (χ2n) is 7.67. The summed E-state index contributed by atoms with van der Waals surface area (Å²) in [6.45, 7) is 9.39. The molecule has 0 spiro atoms. The first-order valence-electron chi connectivity index (χ1n) is 9.28. The third-order valence-corrected chi connectivity index (χ3v) is 4.67. The van der Waals surface area contributed by atoms with Gasteiger partial charge in [0.1, 0.15) is 6.04 Å². The molecule has 0 bridgehead atoms. The van der Waals surface area contributed by atoms with Crippen LogP contribution in [0.3, 0.4) is 0 Å². The number of amides is 3. The lowest BCUT2D eigenvalue weighted by molar-refractivity contribution is -0.139. The first-order valence-corrected chi connectivity index (χ1v) is 9.28. The summed E-state index contributed by atoms with van der Waals surface area (Å²) in [5.41, 5.74) is 1.59.